The number of fused-ring (bicyclic) bond motifs is 1. The number of hydrogen-bond donors (Lipinski definition) is 1. The standard InChI is InChI=1S/C23H24F3NO4/c1-30-15-8-16(9-15)31-17-10-19(24)23(26)20(11-17)27-7-6-18-14(12-27)3-2-13(22(18)25)4-5-21(28)29/h2-3,10-11,15-16H,4-9,12H2,1H3,(H,28,29)/t15-,16-. The second-order valence-corrected chi connectivity index (χ2v) is 8.05. The van der Waals surface area contributed by atoms with Gasteiger partial charge in [-0.1, -0.05) is 12.1 Å². The minimum Gasteiger partial charge on any atom is -0.490 e. The van der Waals surface area contributed by atoms with E-state index in [2.05, 4.69) is 0 Å². The molecule has 166 valence electrons. The molecule has 0 bridgehead atoms. The molecule has 1 heterocycles. The third-order valence-corrected chi connectivity index (χ3v) is 6.03. The zero-order valence-electron chi connectivity index (χ0n) is 17.2. The van der Waals surface area contributed by atoms with E-state index >= 15 is 0 Å². The van der Waals surface area contributed by atoms with Crippen LogP contribution in [0.5, 0.6) is 5.75 Å². The van der Waals surface area contributed by atoms with E-state index in [-0.39, 0.29) is 43.0 Å². The Balaban J connectivity index is 1.52. The van der Waals surface area contributed by atoms with Crippen molar-refractivity contribution < 1.29 is 32.5 Å². The number of nitrogens with zero attached hydrogens (tertiary/aromatic N) is 1. The molecule has 31 heavy (non-hydrogen) atoms. The molecular weight excluding hydrogens is 411 g/mol. The number of rotatable bonds is 7. The van der Waals surface area contributed by atoms with Crippen molar-refractivity contribution in [3.63, 3.8) is 0 Å². The zero-order valence-corrected chi connectivity index (χ0v) is 17.2. The number of aryl methyl sites for hydroxylation is 1. The van der Waals surface area contributed by atoms with Crippen LogP contribution < -0.4 is 9.64 Å². The SMILES string of the molecule is CO[C@H]1C[C@H](Oc2cc(F)c(F)c(N3CCc4c(ccc(CCC(=O)O)c4F)C3)c2)C1. The largest absolute Gasteiger partial charge is 0.490 e. The molecule has 5 nitrogen and oxygen atoms in total. The van der Waals surface area contributed by atoms with Gasteiger partial charge in [0.15, 0.2) is 11.6 Å². The first kappa shape index (κ1) is 21.5. The van der Waals surface area contributed by atoms with Crippen molar-refractivity contribution in [1.29, 1.82) is 0 Å². The predicted octanol–water partition coefficient (Wildman–Crippen LogP) is 4.24. The molecule has 0 aromatic heterocycles. The number of carboxylic acid groups (broad SMARTS) is 1. The summed E-state index contributed by atoms with van der Waals surface area (Å²) < 4.78 is 54.7. The molecule has 0 saturated heterocycles. The average Bonchev–Trinajstić information content (AvgIpc) is 2.71. The Morgan fingerprint density at radius 1 is 1.16 bits per heavy atom. The molecule has 1 aliphatic carbocycles. The van der Waals surface area contributed by atoms with Gasteiger partial charge in [-0.25, -0.2) is 13.2 Å². The van der Waals surface area contributed by atoms with Gasteiger partial charge < -0.3 is 19.5 Å². The van der Waals surface area contributed by atoms with E-state index in [4.69, 9.17) is 14.6 Å². The molecule has 2 aliphatic rings. The molecule has 1 aliphatic heterocycles. The fraction of sp³-hybridized carbons (Fsp3) is 0.435. The van der Waals surface area contributed by atoms with Gasteiger partial charge in [0.25, 0.3) is 0 Å². The summed E-state index contributed by atoms with van der Waals surface area (Å²) in [6, 6.07) is 5.84. The fourth-order valence-electron chi connectivity index (χ4n) is 4.15. The average molecular weight is 435 g/mol. The van der Waals surface area contributed by atoms with Crippen molar-refractivity contribution in [3.8, 4) is 5.75 Å². The lowest BCUT2D eigenvalue weighted by atomic mass is 9.92. The number of hydrogen-bond acceptors (Lipinski definition) is 4. The van der Waals surface area contributed by atoms with Crippen LogP contribution in [0, 0.1) is 17.5 Å². The molecule has 8 heteroatoms. The second-order valence-electron chi connectivity index (χ2n) is 8.05. The van der Waals surface area contributed by atoms with Crippen molar-refractivity contribution in [2.24, 2.45) is 0 Å². The molecule has 1 saturated carbocycles. The summed E-state index contributed by atoms with van der Waals surface area (Å²) in [5.74, 6) is -3.08. The third-order valence-electron chi connectivity index (χ3n) is 6.03. The maximum Gasteiger partial charge on any atom is 0.303 e. The molecule has 0 spiro atoms. The number of carbonyl (C=O) groups is 1. The van der Waals surface area contributed by atoms with Crippen LogP contribution in [-0.4, -0.2) is 36.9 Å². The lowest BCUT2D eigenvalue weighted by Crippen LogP contribution is -2.39. The quantitative estimate of drug-likeness (QED) is 0.705. The van der Waals surface area contributed by atoms with Crippen LogP contribution in [0.3, 0.4) is 0 Å². The number of carboxylic acids is 1. The third kappa shape index (κ3) is 4.49. The Morgan fingerprint density at radius 2 is 1.94 bits per heavy atom. The molecule has 0 atom stereocenters. The maximum absolute atomic E-state index is 14.8. The highest BCUT2D eigenvalue weighted by Gasteiger charge is 2.32. The molecule has 2 aromatic carbocycles. The summed E-state index contributed by atoms with van der Waals surface area (Å²) in [6.45, 7) is 0.530. The molecule has 0 amide bonds. The number of ether oxygens (including phenoxy) is 2. The summed E-state index contributed by atoms with van der Waals surface area (Å²) >= 11 is 0. The van der Waals surface area contributed by atoms with Crippen LogP contribution in [0.2, 0.25) is 0 Å². The Hall–Kier alpha value is -2.74. The summed E-state index contributed by atoms with van der Waals surface area (Å²) in [7, 11) is 1.63. The molecule has 2 aromatic rings. The van der Waals surface area contributed by atoms with E-state index in [0.29, 0.717) is 42.5 Å². The molecule has 0 radical (unpaired) electrons. The highest BCUT2D eigenvalue weighted by molar-refractivity contribution is 5.67. The monoisotopic (exact) mass is 435 g/mol. The van der Waals surface area contributed by atoms with Gasteiger partial charge in [-0.2, -0.15) is 0 Å². The molecular formula is C23H24F3NO4. The Bertz CT molecular complexity index is 991. The van der Waals surface area contributed by atoms with Gasteiger partial charge in [-0.15, -0.1) is 0 Å². The van der Waals surface area contributed by atoms with Crippen LogP contribution >= 0.6 is 0 Å². The lowest BCUT2D eigenvalue weighted by Gasteiger charge is -2.35. The van der Waals surface area contributed by atoms with Crippen LogP contribution in [-0.2, 0) is 28.9 Å². The molecule has 4 rings (SSSR count). The van der Waals surface area contributed by atoms with Gasteiger partial charge in [0.2, 0.25) is 0 Å². The van der Waals surface area contributed by atoms with E-state index in [1.165, 1.54) is 6.07 Å². The highest BCUT2D eigenvalue weighted by Crippen LogP contribution is 2.35. The number of anilines is 1. The van der Waals surface area contributed by atoms with E-state index in [9.17, 15) is 18.0 Å². The summed E-state index contributed by atoms with van der Waals surface area (Å²) in [6.07, 6.45) is 1.71. The number of benzene rings is 2. The lowest BCUT2D eigenvalue weighted by molar-refractivity contribution is -0.136. The summed E-state index contributed by atoms with van der Waals surface area (Å²) in [5, 5.41) is 8.82. The Labute approximate surface area is 178 Å². The van der Waals surface area contributed by atoms with Crippen molar-refractivity contribution in [2.45, 2.75) is 50.9 Å². The smallest absolute Gasteiger partial charge is 0.303 e. The molecule has 1 N–H and O–H groups in total. The number of halogens is 3. The van der Waals surface area contributed by atoms with Gasteiger partial charge >= 0.3 is 5.97 Å². The van der Waals surface area contributed by atoms with E-state index in [0.717, 1.165) is 6.07 Å². The van der Waals surface area contributed by atoms with E-state index in [1.54, 1.807) is 24.1 Å². The predicted molar refractivity (Wildman–Crippen MR) is 108 cm³/mol. The van der Waals surface area contributed by atoms with Gasteiger partial charge in [0.1, 0.15) is 17.7 Å². The Kier molecular flexibility index (Phi) is 6.09. The number of aliphatic carboxylic acids is 1. The van der Waals surface area contributed by atoms with E-state index in [1.807, 2.05) is 0 Å². The maximum atomic E-state index is 14.8. The molecule has 1 fully saturated rings. The summed E-state index contributed by atoms with van der Waals surface area (Å²) in [5.41, 5.74) is 1.62. The second kappa shape index (κ2) is 8.78. The van der Waals surface area contributed by atoms with E-state index < -0.39 is 23.4 Å². The van der Waals surface area contributed by atoms with Crippen molar-refractivity contribution in [1.82, 2.24) is 0 Å². The first-order valence-electron chi connectivity index (χ1n) is 10.3. The number of methoxy groups -OCH3 is 1. The van der Waals surface area contributed by atoms with Crippen molar-refractivity contribution in [3.05, 3.63) is 58.4 Å². The van der Waals surface area contributed by atoms with Crippen LogP contribution in [0.4, 0.5) is 18.9 Å². The first-order valence-corrected chi connectivity index (χ1v) is 10.3. The molecule has 0 unspecified atom stereocenters. The first-order chi connectivity index (χ1) is 14.9. The minimum atomic E-state index is -0.990. The van der Waals surface area contributed by atoms with Crippen LogP contribution in [0.25, 0.3) is 0 Å². The normalized spacial score (nSPS) is 20.2. The summed E-state index contributed by atoms with van der Waals surface area (Å²) in [4.78, 5) is 12.4. The van der Waals surface area contributed by atoms with Gasteiger partial charge in [0.05, 0.1) is 11.8 Å². The minimum absolute atomic E-state index is 0.0821. The fourth-order valence-corrected chi connectivity index (χ4v) is 4.15. The zero-order chi connectivity index (χ0) is 22.1. The van der Waals surface area contributed by atoms with Crippen LogP contribution in [0.1, 0.15) is 36.0 Å². The van der Waals surface area contributed by atoms with Crippen molar-refractivity contribution in [2.75, 3.05) is 18.6 Å². The Morgan fingerprint density at radius 3 is 2.65 bits per heavy atom. The van der Waals surface area contributed by atoms with Crippen molar-refractivity contribution >= 4 is 11.7 Å². The van der Waals surface area contributed by atoms with Gasteiger partial charge in [-0.05, 0) is 29.5 Å². The topological polar surface area (TPSA) is 59.0 Å². The highest BCUT2D eigenvalue weighted by atomic mass is 19.2. The van der Waals surface area contributed by atoms with Gasteiger partial charge in [-0.3, -0.25) is 4.79 Å². The van der Waals surface area contributed by atoms with Crippen LogP contribution in [0.15, 0.2) is 24.3 Å². The van der Waals surface area contributed by atoms with Gasteiger partial charge in [0, 0.05) is 51.6 Å².